The lowest BCUT2D eigenvalue weighted by molar-refractivity contribution is -0.143. The first-order valence-electron chi connectivity index (χ1n) is 8.80. The van der Waals surface area contributed by atoms with Crippen molar-refractivity contribution in [2.45, 2.75) is 33.1 Å². The number of aryl methyl sites for hydroxylation is 2. The van der Waals surface area contributed by atoms with E-state index in [1.165, 1.54) is 26.5 Å². The Balaban J connectivity index is 0.00000243. The Hall–Kier alpha value is -1.47. The number of rotatable bonds is 6. The minimum absolute atomic E-state index is 0. The van der Waals surface area contributed by atoms with Gasteiger partial charge in [0.1, 0.15) is 0 Å². The van der Waals surface area contributed by atoms with Crippen LogP contribution in [-0.4, -0.2) is 41.1 Å². The van der Waals surface area contributed by atoms with Crippen LogP contribution in [-0.2, 0) is 4.79 Å². The molecule has 0 bridgehead atoms. The van der Waals surface area contributed by atoms with E-state index in [9.17, 15) is 9.90 Å². The Kier molecular flexibility index (Phi) is 7.58. The van der Waals surface area contributed by atoms with Gasteiger partial charge in [-0.3, -0.25) is 4.79 Å². The molecule has 1 aliphatic rings. The minimum atomic E-state index is -0.649. The summed E-state index contributed by atoms with van der Waals surface area (Å²) >= 11 is 3.60. The van der Waals surface area contributed by atoms with Crippen molar-refractivity contribution < 1.29 is 15.4 Å². The standard InChI is InChI=1S/C20H25NO2S2.H2O/c1-14-7-11-24-18(14)17(19-15(2)8-12-25-19)6-4-10-21-9-3-5-16(13-21)20(22)23;/h6-8,11-12,16H,3-5,9-10,13H2,1-2H3,(H,22,23);1H2/t16-;/m1./s1. The summed E-state index contributed by atoms with van der Waals surface area (Å²) in [5.41, 5.74) is 3.99. The zero-order valence-corrected chi connectivity index (χ0v) is 17.0. The molecule has 1 saturated heterocycles. The summed E-state index contributed by atoms with van der Waals surface area (Å²) in [6.07, 6.45) is 5.11. The lowest BCUT2D eigenvalue weighted by atomic mass is 9.98. The summed E-state index contributed by atoms with van der Waals surface area (Å²) in [6, 6.07) is 4.36. The van der Waals surface area contributed by atoms with Gasteiger partial charge in [0.15, 0.2) is 0 Å². The van der Waals surface area contributed by atoms with Gasteiger partial charge in [-0.25, -0.2) is 0 Å². The smallest absolute Gasteiger partial charge is 0.307 e. The lowest BCUT2D eigenvalue weighted by Crippen LogP contribution is -2.39. The summed E-state index contributed by atoms with van der Waals surface area (Å²) in [6.45, 7) is 6.98. The molecule has 4 nitrogen and oxygen atoms in total. The van der Waals surface area contributed by atoms with Gasteiger partial charge in [-0.05, 0) is 73.7 Å². The van der Waals surface area contributed by atoms with E-state index in [2.05, 4.69) is 47.7 Å². The van der Waals surface area contributed by atoms with Gasteiger partial charge in [-0.15, -0.1) is 22.7 Å². The molecule has 0 amide bonds. The number of thiophene rings is 2. The first kappa shape index (κ1) is 20.8. The summed E-state index contributed by atoms with van der Waals surface area (Å²) in [7, 11) is 0. The van der Waals surface area contributed by atoms with E-state index < -0.39 is 5.97 Å². The average Bonchev–Trinajstić information content (AvgIpc) is 3.21. The number of carboxylic acid groups (broad SMARTS) is 1. The molecular formula is C20H27NO3S2. The Bertz CT molecular complexity index is 720. The highest BCUT2D eigenvalue weighted by Crippen LogP contribution is 2.35. The molecule has 0 radical (unpaired) electrons. The van der Waals surface area contributed by atoms with Crippen molar-refractivity contribution in [3.8, 4) is 0 Å². The summed E-state index contributed by atoms with van der Waals surface area (Å²) in [5.74, 6) is -0.847. The van der Waals surface area contributed by atoms with Crippen LogP contribution in [0.1, 0.15) is 40.1 Å². The van der Waals surface area contributed by atoms with Crippen molar-refractivity contribution in [3.63, 3.8) is 0 Å². The predicted octanol–water partition coefficient (Wildman–Crippen LogP) is 4.22. The molecule has 0 unspecified atom stereocenters. The van der Waals surface area contributed by atoms with Crippen molar-refractivity contribution in [1.82, 2.24) is 4.90 Å². The first-order chi connectivity index (χ1) is 12.1. The van der Waals surface area contributed by atoms with E-state index >= 15 is 0 Å². The second-order valence-electron chi connectivity index (χ2n) is 6.75. The molecule has 142 valence electrons. The summed E-state index contributed by atoms with van der Waals surface area (Å²) < 4.78 is 0. The highest BCUT2D eigenvalue weighted by molar-refractivity contribution is 7.14. The SMILES string of the molecule is Cc1ccsc1C(=CCCN1CCC[C@@H](C(=O)O)C1)c1sccc1C.O. The fourth-order valence-electron chi connectivity index (χ4n) is 3.44. The number of carboxylic acids is 1. The van der Waals surface area contributed by atoms with Crippen molar-refractivity contribution in [2.24, 2.45) is 5.92 Å². The fourth-order valence-corrected chi connectivity index (χ4v) is 5.45. The molecule has 0 saturated carbocycles. The van der Waals surface area contributed by atoms with Crippen LogP contribution in [0.4, 0.5) is 0 Å². The molecule has 1 fully saturated rings. The minimum Gasteiger partial charge on any atom is -0.481 e. The van der Waals surface area contributed by atoms with Gasteiger partial charge in [0.25, 0.3) is 0 Å². The van der Waals surface area contributed by atoms with Gasteiger partial charge in [0.2, 0.25) is 0 Å². The van der Waals surface area contributed by atoms with Gasteiger partial charge in [-0.2, -0.15) is 0 Å². The number of piperidine rings is 1. The van der Waals surface area contributed by atoms with E-state index in [1.807, 2.05) is 0 Å². The van der Waals surface area contributed by atoms with Gasteiger partial charge < -0.3 is 15.5 Å². The number of carbonyl (C=O) groups is 1. The first-order valence-corrected chi connectivity index (χ1v) is 10.6. The maximum atomic E-state index is 11.2. The van der Waals surface area contributed by atoms with Crippen molar-refractivity contribution in [2.75, 3.05) is 19.6 Å². The third-order valence-corrected chi connectivity index (χ3v) is 6.96. The second kappa shape index (κ2) is 9.46. The second-order valence-corrected chi connectivity index (χ2v) is 8.58. The quantitative estimate of drug-likeness (QED) is 0.798. The highest BCUT2D eigenvalue weighted by Gasteiger charge is 2.24. The zero-order valence-electron chi connectivity index (χ0n) is 15.3. The van der Waals surface area contributed by atoms with Crippen molar-refractivity contribution in [3.05, 3.63) is 49.9 Å². The molecule has 2 aromatic heterocycles. The maximum absolute atomic E-state index is 11.2. The van der Waals surface area contributed by atoms with Crippen LogP contribution in [0.2, 0.25) is 0 Å². The monoisotopic (exact) mass is 393 g/mol. The largest absolute Gasteiger partial charge is 0.481 e. The van der Waals surface area contributed by atoms with Crippen LogP contribution >= 0.6 is 22.7 Å². The Morgan fingerprint density at radius 3 is 2.35 bits per heavy atom. The predicted molar refractivity (Wildman–Crippen MR) is 110 cm³/mol. The van der Waals surface area contributed by atoms with E-state index in [1.54, 1.807) is 22.7 Å². The molecule has 1 atom stereocenters. The number of nitrogens with zero attached hydrogens (tertiary/aromatic N) is 1. The molecule has 26 heavy (non-hydrogen) atoms. The topological polar surface area (TPSA) is 72.0 Å². The van der Waals surface area contributed by atoms with E-state index in [0.29, 0.717) is 6.54 Å². The van der Waals surface area contributed by atoms with Crippen molar-refractivity contribution in [1.29, 1.82) is 0 Å². The molecule has 0 spiro atoms. The molecular weight excluding hydrogens is 366 g/mol. The van der Waals surface area contributed by atoms with Crippen LogP contribution in [0, 0.1) is 19.8 Å². The number of hydrogen-bond donors (Lipinski definition) is 1. The highest BCUT2D eigenvalue weighted by atomic mass is 32.1. The normalized spacial score (nSPS) is 17.5. The van der Waals surface area contributed by atoms with E-state index in [-0.39, 0.29) is 11.4 Å². The van der Waals surface area contributed by atoms with Crippen molar-refractivity contribution >= 4 is 34.2 Å². The van der Waals surface area contributed by atoms with Gasteiger partial charge in [0.05, 0.1) is 5.92 Å². The number of aliphatic carboxylic acids is 1. The number of likely N-dealkylation sites (tertiary alicyclic amines) is 1. The molecule has 3 N–H and O–H groups in total. The number of hydrogen-bond acceptors (Lipinski definition) is 4. The fraction of sp³-hybridized carbons (Fsp3) is 0.450. The van der Waals surface area contributed by atoms with Gasteiger partial charge in [0, 0.05) is 28.4 Å². The summed E-state index contributed by atoms with van der Waals surface area (Å²) in [4.78, 5) is 16.2. The van der Waals surface area contributed by atoms with Gasteiger partial charge in [-0.1, -0.05) is 6.08 Å². The third-order valence-electron chi connectivity index (χ3n) is 4.86. The molecule has 0 aromatic carbocycles. The lowest BCUT2D eigenvalue weighted by Gasteiger charge is -2.30. The molecule has 6 heteroatoms. The van der Waals surface area contributed by atoms with Gasteiger partial charge >= 0.3 is 5.97 Å². The molecule has 1 aliphatic heterocycles. The molecule has 2 aromatic rings. The summed E-state index contributed by atoms with van der Waals surface area (Å²) in [5, 5.41) is 13.6. The van der Waals surface area contributed by atoms with E-state index in [0.717, 1.165) is 32.4 Å². The molecule has 3 rings (SSSR count). The van der Waals surface area contributed by atoms with Crippen LogP contribution in [0.15, 0.2) is 29.0 Å². The zero-order chi connectivity index (χ0) is 17.8. The molecule has 3 heterocycles. The van der Waals surface area contributed by atoms with Crippen LogP contribution in [0.3, 0.4) is 0 Å². The average molecular weight is 394 g/mol. The Morgan fingerprint density at radius 2 is 1.85 bits per heavy atom. The van der Waals surface area contributed by atoms with E-state index in [4.69, 9.17) is 0 Å². The third kappa shape index (κ3) is 4.82. The van der Waals surface area contributed by atoms with Crippen LogP contribution in [0.25, 0.3) is 5.57 Å². The maximum Gasteiger partial charge on any atom is 0.307 e. The Labute approximate surface area is 163 Å². The molecule has 0 aliphatic carbocycles. The van der Waals surface area contributed by atoms with Crippen LogP contribution < -0.4 is 0 Å². The Morgan fingerprint density at radius 1 is 1.23 bits per heavy atom. The van der Waals surface area contributed by atoms with Crippen LogP contribution in [0.5, 0.6) is 0 Å².